The third kappa shape index (κ3) is 2.06. The van der Waals surface area contributed by atoms with Crippen molar-refractivity contribution in [2.45, 2.75) is 37.4 Å². The summed E-state index contributed by atoms with van der Waals surface area (Å²) in [4.78, 5) is 0. The van der Waals surface area contributed by atoms with Gasteiger partial charge in [0.1, 0.15) is 5.75 Å². The minimum atomic E-state index is -0.352. The van der Waals surface area contributed by atoms with Gasteiger partial charge in [-0.05, 0) is 30.5 Å². The average Bonchev–Trinajstić information content (AvgIpc) is 2.39. The van der Waals surface area contributed by atoms with Crippen molar-refractivity contribution >= 4 is 11.8 Å². The Morgan fingerprint density at radius 2 is 2.19 bits per heavy atom. The van der Waals surface area contributed by atoms with Crippen molar-refractivity contribution in [1.82, 2.24) is 0 Å². The van der Waals surface area contributed by atoms with Crippen LogP contribution in [0.25, 0.3) is 0 Å². The van der Waals surface area contributed by atoms with Crippen LogP contribution in [0.5, 0.6) is 5.75 Å². The minimum absolute atomic E-state index is 0.352. The van der Waals surface area contributed by atoms with E-state index in [1.54, 1.807) is 7.11 Å². The summed E-state index contributed by atoms with van der Waals surface area (Å²) in [5.41, 5.74) is 3.42. The molecule has 0 saturated heterocycles. The Kier molecular flexibility index (Phi) is 3.45. The molecule has 0 aliphatic carbocycles. The molecule has 0 spiro atoms. The quantitative estimate of drug-likeness (QED) is 0.815. The predicted octanol–water partition coefficient (Wildman–Crippen LogP) is 3.06. The number of hydrogen-bond acceptors (Lipinski definition) is 3. The molecular weight excluding hydrogens is 220 g/mol. The largest absolute Gasteiger partial charge is 0.496 e. The van der Waals surface area contributed by atoms with E-state index in [-0.39, 0.29) is 6.10 Å². The minimum Gasteiger partial charge on any atom is -0.496 e. The summed E-state index contributed by atoms with van der Waals surface area (Å²) in [6, 6.07) is 4.03. The summed E-state index contributed by atoms with van der Waals surface area (Å²) in [5, 5.41) is 10.7. The Balaban J connectivity index is 2.52. The van der Waals surface area contributed by atoms with Gasteiger partial charge in [-0.2, -0.15) is 11.8 Å². The van der Waals surface area contributed by atoms with E-state index in [0.29, 0.717) is 5.25 Å². The molecule has 0 fully saturated rings. The van der Waals surface area contributed by atoms with Crippen molar-refractivity contribution in [2.24, 2.45) is 0 Å². The van der Waals surface area contributed by atoms with Gasteiger partial charge in [-0.25, -0.2) is 0 Å². The van der Waals surface area contributed by atoms with Crippen LogP contribution in [0.3, 0.4) is 0 Å². The van der Waals surface area contributed by atoms with Gasteiger partial charge < -0.3 is 9.84 Å². The van der Waals surface area contributed by atoms with Crippen molar-refractivity contribution in [3.05, 3.63) is 28.8 Å². The van der Waals surface area contributed by atoms with Crippen LogP contribution in [-0.4, -0.2) is 17.5 Å². The zero-order valence-electron chi connectivity index (χ0n) is 9.99. The molecule has 88 valence electrons. The zero-order valence-corrected chi connectivity index (χ0v) is 10.8. The number of fused-ring (bicyclic) bond motifs is 1. The first kappa shape index (κ1) is 11.8. The van der Waals surface area contributed by atoms with E-state index < -0.39 is 0 Å². The van der Waals surface area contributed by atoms with Gasteiger partial charge in [-0.1, -0.05) is 13.0 Å². The number of aliphatic hydroxyl groups is 1. The number of ether oxygens (including phenoxy) is 1. The fourth-order valence-electron chi connectivity index (χ4n) is 2.29. The highest BCUT2D eigenvalue weighted by Crippen LogP contribution is 2.40. The summed E-state index contributed by atoms with van der Waals surface area (Å²) in [6.45, 7) is 4.23. The summed E-state index contributed by atoms with van der Waals surface area (Å²) in [7, 11) is 1.69. The molecule has 2 rings (SSSR count). The van der Waals surface area contributed by atoms with Gasteiger partial charge in [-0.15, -0.1) is 0 Å². The lowest BCUT2D eigenvalue weighted by molar-refractivity contribution is 0.167. The lowest BCUT2D eigenvalue weighted by atomic mass is 9.95. The highest BCUT2D eigenvalue weighted by molar-refractivity contribution is 7.99. The Labute approximate surface area is 101 Å². The molecule has 2 atom stereocenters. The van der Waals surface area contributed by atoms with Crippen LogP contribution in [0.15, 0.2) is 12.1 Å². The van der Waals surface area contributed by atoms with E-state index in [1.165, 1.54) is 5.56 Å². The van der Waals surface area contributed by atoms with Crippen LogP contribution < -0.4 is 4.74 Å². The molecule has 1 aliphatic rings. The fraction of sp³-hybridized carbons (Fsp3) is 0.538. The molecule has 1 N–H and O–H groups in total. The van der Waals surface area contributed by atoms with Crippen LogP contribution in [0.1, 0.15) is 36.1 Å². The van der Waals surface area contributed by atoms with Gasteiger partial charge in [0.05, 0.1) is 13.2 Å². The number of benzene rings is 1. The van der Waals surface area contributed by atoms with E-state index in [2.05, 4.69) is 13.8 Å². The van der Waals surface area contributed by atoms with Gasteiger partial charge in [0.15, 0.2) is 0 Å². The first-order chi connectivity index (χ1) is 7.63. The highest BCUT2D eigenvalue weighted by Gasteiger charge is 2.24. The zero-order chi connectivity index (χ0) is 11.7. The number of aliphatic hydroxyl groups excluding tert-OH is 1. The van der Waals surface area contributed by atoms with E-state index in [0.717, 1.165) is 29.1 Å². The summed E-state index contributed by atoms with van der Waals surface area (Å²) < 4.78 is 5.38. The molecule has 16 heavy (non-hydrogen) atoms. The number of hydrogen-bond donors (Lipinski definition) is 1. The second kappa shape index (κ2) is 4.68. The SMILES string of the molecule is COc1ccc(C)c2c1CSC(C)C[C@H]2O. The second-order valence-corrected chi connectivity index (χ2v) is 5.78. The molecule has 1 aliphatic heterocycles. The van der Waals surface area contributed by atoms with Crippen molar-refractivity contribution in [2.75, 3.05) is 7.11 Å². The number of aryl methyl sites for hydroxylation is 1. The molecule has 1 unspecified atom stereocenters. The molecule has 1 aromatic carbocycles. The first-order valence-corrected chi connectivity index (χ1v) is 6.64. The molecule has 0 radical (unpaired) electrons. The van der Waals surface area contributed by atoms with Gasteiger partial charge in [0, 0.05) is 16.6 Å². The maximum atomic E-state index is 10.2. The maximum absolute atomic E-state index is 10.2. The molecule has 0 aromatic heterocycles. The van der Waals surface area contributed by atoms with Gasteiger partial charge in [0.2, 0.25) is 0 Å². The van der Waals surface area contributed by atoms with E-state index in [1.807, 2.05) is 23.9 Å². The van der Waals surface area contributed by atoms with Crippen molar-refractivity contribution in [3.8, 4) is 5.75 Å². The maximum Gasteiger partial charge on any atom is 0.123 e. The van der Waals surface area contributed by atoms with Crippen molar-refractivity contribution in [3.63, 3.8) is 0 Å². The Morgan fingerprint density at radius 3 is 2.88 bits per heavy atom. The molecule has 1 heterocycles. The van der Waals surface area contributed by atoms with E-state index in [9.17, 15) is 5.11 Å². The van der Waals surface area contributed by atoms with Crippen LogP contribution >= 0.6 is 11.8 Å². The molecule has 2 nitrogen and oxygen atoms in total. The van der Waals surface area contributed by atoms with E-state index in [4.69, 9.17) is 4.74 Å². The normalized spacial score (nSPS) is 24.8. The lowest BCUT2D eigenvalue weighted by Crippen LogP contribution is -2.06. The average molecular weight is 238 g/mol. The van der Waals surface area contributed by atoms with Crippen LogP contribution in [-0.2, 0) is 5.75 Å². The molecule has 1 aromatic rings. The van der Waals surface area contributed by atoms with E-state index >= 15 is 0 Å². The Bertz CT molecular complexity index is 390. The molecule has 0 bridgehead atoms. The van der Waals surface area contributed by atoms with Crippen LogP contribution in [0.4, 0.5) is 0 Å². The van der Waals surface area contributed by atoms with Crippen molar-refractivity contribution < 1.29 is 9.84 Å². The predicted molar refractivity (Wildman–Crippen MR) is 68.1 cm³/mol. The number of thioether (sulfide) groups is 1. The number of rotatable bonds is 1. The second-order valence-electron chi connectivity index (χ2n) is 4.35. The molecular formula is C13H18O2S. The summed E-state index contributed by atoms with van der Waals surface area (Å²) in [6.07, 6.45) is 0.473. The first-order valence-electron chi connectivity index (χ1n) is 5.59. The Hall–Kier alpha value is -0.670. The monoisotopic (exact) mass is 238 g/mol. The fourth-order valence-corrected chi connectivity index (χ4v) is 3.36. The third-order valence-electron chi connectivity index (χ3n) is 3.15. The van der Waals surface area contributed by atoms with Crippen LogP contribution in [0.2, 0.25) is 0 Å². The topological polar surface area (TPSA) is 29.5 Å². The third-order valence-corrected chi connectivity index (χ3v) is 4.37. The summed E-state index contributed by atoms with van der Waals surface area (Å²) >= 11 is 1.88. The summed E-state index contributed by atoms with van der Waals surface area (Å²) in [5.74, 6) is 1.83. The molecule has 3 heteroatoms. The Morgan fingerprint density at radius 1 is 1.44 bits per heavy atom. The lowest BCUT2D eigenvalue weighted by Gasteiger charge is -2.17. The number of methoxy groups -OCH3 is 1. The standard InChI is InChI=1S/C13H18O2S/c1-8-4-5-12(15-3)10-7-16-9(2)6-11(14)13(8)10/h4-5,9,11,14H,6-7H2,1-3H3/t9?,11-/m1/s1. The molecule has 0 saturated carbocycles. The van der Waals surface area contributed by atoms with Gasteiger partial charge in [-0.3, -0.25) is 0 Å². The molecule has 0 amide bonds. The van der Waals surface area contributed by atoms with Crippen molar-refractivity contribution in [1.29, 1.82) is 0 Å². The smallest absolute Gasteiger partial charge is 0.123 e. The highest BCUT2D eigenvalue weighted by atomic mass is 32.2. The van der Waals surface area contributed by atoms with Crippen LogP contribution in [0, 0.1) is 6.92 Å². The van der Waals surface area contributed by atoms with Gasteiger partial charge >= 0.3 is 0 Å². The van der Waals surface area contributed by atoms with Gasteiger partial charge in [0.25, 0.3) is 0 Å².